The van der Waals surface area contributed by atoms with Crippen molar-refractivity contribution >= 4 is 39.5 Å². The van der Waals surface area contributed by atoms with Crippen molar-refractivity contribution in [2.75, 3.05) is 0 Å². The van der Waals surface area contributed by atoms with Gasteiger partial charge in [0.25, 0.3) is 0 Å². The van der Waals surface area contributed by atoms with Crippen LogP contribution in [0.15, 0.2) is 85.1 Å². The Bertz CT molecular complexity index is 1290. The van der Waals surface area contributed by atoms with Gasteiger partial charge >= 0.3 is 0 Å². The van der Waals surface area contributed by atoms with E-state index >= 15 is 0 Å². The average molecular weight is 421 g/mol. The number of hydrogen-bond acceptors (Lipinski definition) is 2. The SMILES string of the molecule is Clc1ccccc1-c1sc2nc(-c3ccccc3)cn2c1-c1ccccc1Cl. The molecule has 0 fully saturated rings. The van der Waals surface area contributed by atoms with Crippen LogP contribution in [0.25, 0.3) is 37.9 Å². The third-order valence-electron chi connectivity index (χ3n) is 4.64. The van der Waals surface area contributed by atoms with Crippen LogP contribution in [0.2, 0.25) is 10.0 Å². The minimum absolute atomic E-state index is 0.700. The van der Waals surface area contributed by atoms with Crippen LogP contribution in [0, 0.1) is 0 Å². The number of nitrogens with zero attached hydrogens (tertiary/aromatic N) is 2. The second-order valence-corrected chi connectivity index (χ2v) is 8.18. The zero-order valence-electron chi connectivity index (χ0n) is 14.6. The predicted molar refractivity (Wildman–Crippen MR) is 119 cm³/mol. The molecule has 0 bridgehead atoms. The number of halogens is 2. The van der Waals surface area contributed by atoms with E-state index in [1.807, 2.05) is 66.7 Å². The van der Waals surface area contributed by atoms with E-state index in [-0.39, 0.29) is 0 Å². The summed E-state index contributed by atoms with van der Waals surface area (Å²) in [5, 5.41) is 1.41. The maximum atomic E-state index is 6.58. The van der Waals surface area contributed by atoms with Crippen LogP contribution in [0.5, 0.6) is 0 Å². The van der Waals surface area contributed by atoms with E-state index in [0.717, 1.165) is 37.9 Å². The highest BCUT2D eigenvalue weighted by Gasteiger charge is 2.21. The summed E-state index contributed by atoms with van der Waals surface area (Å²) >= 11 is 14.7. The molecule has 2 heterocycles. The molecule has 0 radical (unpaired) electrons. The van der Waals surface area contributed by atoms with Crippen molar-refractivity contribution in [2.24, 2.45) is 0 Å². The van der Waals surface area contributed by atoms with E-state index in [9.17, 15) is 0 Å². The van der Waals surface area contributed by atoms with Crippen molar-refractivity contribution in [3.05, 3.63) is 95.1 Å². The van der Waals surface area contributed by atoms with Gasteiger partial charge in [0, 0.05) is 32.9 Å². The first-order valence-corrected chi connectivity index (χ1v) is 10.4. The lowest BCUT2D eigenvalue weighted by atomic mass is 10.1. The second-order valence-electron chi connectivity index (χ2n) is 6.38. The monoisotopic (exact) mass is 420 g/mol. The van der Waals surface area contributed by atoms with Gasteiger partial charge < -0.3 is 0 Å². The molecule has 5 rings (SSSR count). The number of fused-ring (bicyclic) bond motifs is 1. The van der Waals surface area contributed by atoms with E-state index < -0.39 is 0 Å². The van der Waals surface area contributed by atoms with Crippen LogP contribution in [0.4, 0.5) is 0 Å². The smallest absolute Gasteiger partial charge is 0.195 e. The Balaban J connectivity index is 1.81. The molecule has 5 heteroatoms. The molecule has 136 valence electrons. The Kier molecular flexibility index (Phi) is 4.44. The molecule has 0 saturated heterocycles. The molecule has 0 unspecified atom stereocenters. The van der Waals surface area contributed by atoms with Gasteiger partial charge in [0.15, 0.2) is 4.96 Å². The Morgan fingerprint density at radius 3 is 2.00 bits per heavy atom. The normalized spacial score (nSPS) is 11.2. The largest absolute Gasteiger partial charge is 0.289 e. The van der Waals surface area contributed by atoms with E-state index in [0.29, 0.717) is 10.0 Å². The van der Waals surface area contributed by atoms with Crippen LogP contribution in [-0.4, -0.2) is 9.38 Å². The third kappa shape index (κ3) is 2.92. The van der Waals surface area contributed by atoms with E-state index in [4.69, 9.17) is 28.2 Å². The first kappa shape index (κ1) is 17.5. The van der Waals surface area contributed by atoms with Crippen LogP contribution in [0.1, 0.15) is 0 Å². The molecule has 0 N–H and O–H groups in total. The molecule has 0 saturated carbocycles. The average Bonchev–Trinajstić information content (AvgIpc) is 3.28. The van der Waals surface area contributed by atoms with Gasteiger partial charge in [0.05, 0.1) is 16.3 Å². The Labute approximate surface area is 176 Å². The van der Waals surface area contributed by atoms with Gasteiger partial charge in [-0.25, -0.2) is 4.98 Å². The van der Waals surface area contributed by atoms with Crippen molar-refractivity contribution < 1.29 is 0 Å². The summed E-state index contributed by atoms with van der Waals surface area (Å²) in [5.74, 6) is 0. The molecule has 3 aromatic carbocycles. The standard InChI is InChI=1S/C23H14Cl2N2S/c24-18-12-6-4-10-16(18)21-22(17-11-5-7-13-19(17)25)28-23-26-20(14-27(21)23)15-8-2-1-3-9-15/h1-14H. The summed E-state index contributed by atoms with van der Waals surface area (Å²) in [6.45, 7) is 0. The topological polar surface area (TPSA) is 17.3 Å². The number of aromatic nitrogens is 2. The minimum atomic E-state index is 0.700. The van der Waals surface area contributed by atoms with Crippen LogP contribution >= 0.6 is 34.5 Å². The fraction of sp³-hybridized carbons (Fsp3) is 0. The highest BCUT2D eigenvalue weighted by Crippen LogP contribution is 2.44. The number of hydrogen-bond donors (Lipinski definition) is 0. The van der Waals surface area contributed by atoms with Gasteiger partial charge in [-0.1, -0.05) is 101 Å². The van der Waals surface area contributed by atoms with Crippen LogP contribution in [-0.2, 0) is 0 Å². The maximum absolute atomic E-state index is 6.58. The summed E-state index contributed by atoms with van der Waals surface area (Å²) in [6, 6.07) is 25.9. The molecule has 0 aliphatic rings. The molecule has 0 amide bonds. The fourth-order valence-corrected chi connectivity index (χ4v) is 5.00. The molecule has 0 aliphatic carbocycles. The molecular formula is C23H14Cl2N2S. The van der Waals surface area contributed by atoms with E-state index in [1.165, 1.54) is 0 Å². The number of imidazole rings is 1. The number of benzene rings is 3. The lowest BCUT2D eigenvalue weighted by molar-refractivity contribution is 1.24. The van der Waals surface area contributed by atoms with Crippen LogP contribution in [0.3, 0.4) is 0 Å². The molecular weight excluding hydrogens is 407 g/mol. The Morgan fingerprint density at radius 1 is 0.714 bits per heavy atom. The molecule has 0 spiro atoms. The van der Waals surface area contributed by atoms with Gasteiger partial charge in [0.2, 0.25) is 0 Å². The van der Waals surface area contributed by atoms with Crippen molar-refractivity contribution in [3.8, 4) is 33.0 Å². The highest BCUT2D eigenvalue weighted by atomic mass is 35.5. The first-order chi connectivity index (χ1) is 13.7. The minimum Gasteiger partial charge on any atom is -0.289 e. The molecule has 2 nitrogen and oxygen atoms in total. The lowest BCUT2D eigenvalue weighted by Gasteiger charge is -2.08. The lowest BCUT2D eigenvalue weighted by Crippen LogP contribution is -1.89. The van der Waals surface area contributed by atoms with Gasteiger partial charge in [-0.2, -0.15) is 0 Å². The summed E-state index contributed by atoms with van der Waals surface area (Å²) in [5.41, 5.74) is 4.97. The van der Waals surface area contributed by atoms with Crippen LogP contribution < -0.4 is 0 Å². The zero-order chi connectivity index (χ0) is 19.1. The van der Waals surface area contributed by atoms with Crippen molar-refractivity contribution in [1.82, 2.24) is 9.38 Å². The van der Waals surface area contributed by atoms with E-state index in [1.54, 1.807) is 11.3 Å². The van der Waals surface area contributed by atoms with Crippen molar-refractivity contribution in [1.29, 1.82) is 0 Å². The molecule has 0 aliphatic heterocycles. The first-order valence-electron chi connectivity index (χ1n) is 8.79. The summed E-state index contributed by atoms with van der Waals surface area (Å²) in [6.07, 6.45) is 2.07. The molecule has 5 aromatic rings. The maximum Gasteiger partial charge on any atom is 0.195 e. The van der Waals surface area contributed by atoms with Gasteiger partial charge in [-0.05, 0) is 12.1 Å². The van der Waals surface area contributed by atoms with Crippen molar-refractivity contribution in [2.45, 2.75) is 0 Å². The van der Waals surface area contributed by atoms with Gasteiger partial charge in [0.1, 0.15) is 0 Å². The zero-order valence-corrected chi connectivity index (χ0v) is 17.0. The van der Waals surface area contributed by atoms with E-state index in [2.05, 4.69) is 22.7 Å². The van der Waals surface area contributed by atoms with Gasteiger partial charge in [-0.15, -0.1) is 0 Å². The second kappa shape index (κ2) is 7.10. The summed E-state index contributed by atoms with van der Waals surface area (Å²) < 4.78 is 2.12. The number of rotatable bonds is 3. The van der Waals surface area contributed by atoms with Crippen molar-refractivity contribution in [3.63, 3.8) is 0 Å². The molecule has 28 heavy (non-hydrogen) atoms. The fourth-order valence-electron chi connectivity index (χ4n) is 3.33. The predicted octanol–water partition coefficient (Wildman–Crippen LogP) is 7.70. The van der Waals surface area contributed by atoms with Gasteiger partial charge in [-0.3, -0.25) is 4.40 Å². The summed E-state index contributed by atoms with van der Waals surface area (Å²) in [4.78, 5) is 6.83. The quantitative estimate of drug-likeness (QED) is 0.292. The number of thiazole rings is 1. The third-order valence-corrected chi connectivity index (χ3v) is 6.39. The summed E-state index contributed by atoms with van der Waals surface area (Å²) in [7, 11) is 0. The molecule has 0 atom stereocenters. The Hall–Kier alpha value is -2.59. The Morgan fingerprint density at radius 2 is 1.32 bits per heavy atom. The highest BCUT2D eigenvalue weighted by molar-refractivity contribution is 7.21. The molecule has 2 aromatic heterocycles.